The van der Waals surface area contributed by atoms with E-state index in [4.69, 9.17) is 0 Å². The Morgan fingerprint density at radius 3 is 2.23 bits per heavy atom. The molecular weight excluding hydrogens is 392 g/mol. The third-order valence-electron chi connectivity index (χ3n) is 4.75. The number of para-hydroxylation sites is 1. The van der Waals surface area contributed by atoms with Crippen molar-refractivity contribution in [2.75, 3.05) is 5.32 Å². The Balaban J connectivity index is 1.71. The molecule has 0 bridgehead atoms. The van der Waals surface area contributed by atoms with Gasteiger partial charge in [-0.25, -0.2) is 4.68 Å². The maximum Gasteiger partial charge on any atom is 0.296 e. The van der Waals surface area contributed by atoms with Gasteiger partial charge in [-0.05, 0) is 57.5 Å². The van der Waals surface area contributed by atoms with Crippen LogP contribution in [-0.4, -0.2) is 33.4 Å². The predicted molar refractivity (Wildman–Crippen MR) is 119 cm³/mol. The predicted octanol–water partition coefficient (Wildman–Crippen LogP) is 3.38. The fourth-order valence-electron chi connectivity index (χ4n) is 3.36. The standard InChI is InChI=1S/C24H26N4O3/c1-15(2)25-21(29)14-18-10-12-19(13-11-18)26-24(31)23(30)22-16(3)27-28(17(22)4)20-8-6-5-7-9-20/h5-13,15H,14H2,1-4H3,(H,25,29)(H,26,31). The van der Waals surface area contributed by atoms with Crippen molar-refractivity contribution in [3.63, 3.8) is 0 Å². The van der Waals surface area contributed by atoms with Gasteiger partial charge in [0.15, 0.2) is 0 Å². The van der Waals surface area contributed by atoms with Crippen LogP contribution in [0.4, 0.5) is 5.69 Å². The van der Waals surface area contributed by atoms with Crippen molar-refractivity contribution in [2.45, 2.75) is 40.2 Å². The number of amides is 2. The van der Waals surface area contributed by atoms with Gasteiger partial charge in [0.1, 0.15) is 0 Å². The van der Waals surface area contributed by atoms with Crippen molar-refractivity contribution in [3.8, 4) is 5.69 Å². The molecule has 3 rings (SSSR count). The number of anilines is 1. The molecule has 0 atom stereocenters. The zero-order valence-corrected chi connectivity index (χ0v) is 18.1. The van der Waals surface area contributed by atoms with Crippen molar-refractivity contribution in [2.24, 2.45) is 0 Å². The van der Waals surface area contributed by atoms with Crippen molar-refractivity contribution in [1.29, 1.82) is 0 Å². The quantitative estimate of drug-likeness (QED) is 0.454. The van der Waals surface area contributed by atoms with Crippen LogP contribution in [0.1, 0.15) is 41.2 Å². The minimum Gasteiger partial charge on any atom is -0.354 e. The van der Waals surface area contributed by atoms with E-state index >= 15 is 0 Å². The van der Waals surface area contributed by atoms with Gasteiger partial charge >= 0.3 is 0 Å². The molecule has 0 saturated carbocycles. The monoisotopic (exact) mass is 418 g/mol. The molecule has 3 aromatic rings. The van der Waals surface area contributed by atoms with Crippen LogP contribution in [-0.2, 0) is 16.0 Å². The van der Waals surface area contributed by atoms with Crippen molar-refractivity contribution in [1.82, 2.24) is 15.1 Å². The van der Waals surface area contributed by atoms with Gasteiger partial charge in [0.2, 0.25) is 5.91 Å². The van der Waals surface area contributed by atoms with E-state index in [-0.39, 0.29) is 18.4 Å². The van der Waals surface area contributed by atoms with Crippen molar-refractivity contribution >= 4 is 23.3 Å². The van der Waals surface area contributed by atoms with Crippen molar-refractivity contribution < 1.29 is 14.4 Å². The van der Waals surface area contributed by atoms with Gasteiger partial charge in [-0.1, -0.05) is 30.3 Å². The summed E-state index contributed by atoms with van der Waals surface area (Å²) >= 11 is 0. The van der Waals surface area contributed by atoms with Gasteiger partial charge in [-0.15, -0.1) is 0 Å². The molecule has 2 amide bonds. The molecule has 1 aromatic heterocycles. The third kappa shape index (κ3) is 5.25. The second kappa shape index (κ2) is 9.38. The summed E-state index contributed by atoms with van der Waals surface area (Å²) in [7, 11) is 0. The molecule has 1 heterocycles. The van der Waals surface area contributed by atoms with E-state index in [0.717, 1.165) is 11.3 Å². The number of carbonyl (C=O) groups is 3. The molecular formula is C24H26N4O3. The van der Waals surface area contributed by atoms with Gasteiger partial charge in [-0.3, -0.25) is 14.4 Å². The Morgan fingerprint density at radius 1 is 0.968 bits per heavy atom. The number of aromatic nitrogens is 2. The van der Waals surface area contributed by atoms with Crippen LogP contribution in [0, 0.1) is 13.8 Å². The number of carbonyl (C=O) groups excluding carboxylic acids is 3. The first-order valence-corrected chi connectivity index (χ1v) is 10.1. The van der Waals surface area contributed by atoms with E-state index in [9.17, 15) is 14.4 Å². The number of hydrogen-bond donors (Lipinski definition) is 2. The highest BCUT2D eigenvalue weighted by Crippen LogP contribution is 2.19. The number of Topliss-reactive ketones (excluding diaryl/α,β-unsaturated/α-hetero) is 1. The number of nitrogens with zero attached hydrogens (tertiary/aromatic N) is 2. The number of ketones is 1. The number of benzene rings is 2. The average Bonchev–Trinajstić information content (AvgIpc) is 3.03. The average molecular weight is 418 g/mol. The smallest absolute Gasteiger partial charge is 0.296 e. The van der Waals surface area contributed by atoms with Crippen LogP contribution in [0.2, 0.25) is 0 Å². The summed E-state index contributed by atoms with van der Waals surface area (Å²) in [5.74, 6) is -1.44. The first kappa shape index (κ1) is 22.0. The van der Waals surface area contributed by atoms with Crippen LogP contribution in [0.25, 0.3) is 5.69 Å². The maximum atomic E-state index is 12.8. The van der Waals surface area contributed by atoms with E-state index in [2.05, 4.69) is 15.7 Å². The lowest BCUT2D eigenvalue weighted by Crippen LogP contribution is -2.31. The molecule has 0 radical (unpaired) electrons. The Kier molecular flexibility index (Phi) is 6.65. The molecule has 2 N–H and O–H groups in total. The number of nitrogens with one attached hydrogen (secondary N) is 2. The molecule has 0 aliphatic rings. The molecule has 31 heavy (non-hydrogen) atoms. The summed E-state index contributed by atoms with van der Waals surface area (Å²) in [5.41, 5.74) is 3.52. The molecule has 0 saturated heterocycles. The highest BCUT2D eigenvalue weighted by atomic mass is 16.2. The van der Waals surface area contributed by atoms with Crippen LogP contribution >= 0.6 is 0 Å². The second-order valence-electron chi connectivity index (χ2n) is 7.67. The largest absolute Gasteiger partial charge is 0.354 e. The van der Waals surface area contributed by atoms with Crippen molar-refractivity contribution in [3.05, 3.63) is 77.1 Å². The molecule has 160 valence electrons. The molecule has 7 heteroatoms. The topological polar surface area (TPSA) is 93.1 Å². The van der Waals surface area contributed by atoms with Crippen LogP contribution < -0.4 is 10.6 Å². The van der Waals surface area contributed by atoms with E-state index in [1.807, 2.05) is 44.2 Å². The summed E-state index contributed by atoms with van der Waals surface area (Å²) in [6.07, 6.45) is 0.252. The van der Waals surface area contributed by atoms with Crippen LogP contribution in [0.15, 0.2) is 54.6 Å². The maximum absolute atomic E-state index is 12.8. The van der Waals surface area contributed by atoms with E-state index < -0.39 is 11.7 Å². The molecule has 0 spiro atoms. The van der Waals surface area contributed by atoms with E-state index in [0.29, 0.717) is 22.6 Å². The highest BCUT2D eigenvalue weighted by Gasteiger charge is 2.25. The summed E-state index contributed by atoms with van der Waals surface area (Å²) in [5, 5.41) is 9.89. The Morgan fingerprint density at radius 2 is 1.61 bits per heavy atom. The SMILES string of the molecule is Cc1nn(-c2ccccc2)c(C)c1C(=O)C(=O)Nc1ccc(CC(=O)NC(C)C)cc1. The summed E-state index contributed by atoms with van der Waals surface area (Å²) in [6, 6.07) is 16.4. The van der Waals surface area contributed by atoms with Gasteiger partial charge < -0.3 is 10.6 Å². The van der Waals surface area contributed by atoms with Gasteiger partial charge in [-0.2, -0.15) is 5.10 Å². The minimum absolute atomic E-state index is 0.0664. The number of rotatable bonds is 7. The first-order valence-electron chi connectivity index (χ1n) is 10.1. The molecule has 0 aliphatic heterocycles. The molecule has 7 nitrogen and oxygen atoms in total. The van der Waals surface area contributed by atoms with Gasteiger partial charge in [0, 0.05) is 11.7 Å². The molecule has 0 aliphatic carbocycles. The van der Waals surface area contributed by atoms with Crippen LogP contribution in [0.5, 0.6) is 0 Å². The van der Waals surface area contributed by atoms with Crippen LogP contribution in [0.3, 0.4) is 0 Å². The molecule has 2 aromatic carbocycles. The highest BCUT2D eigenvalue weighted by molar-refractivity contribution is 6.47. The Bertz CT molecular complexity index is 1100. The van der Waals surface area contributed by atoms with Gasteiger partial charge in [0.25, 0.3) is 11.7 Å². The lowest BCUT2D eigenvalue weighted by atomic mass is 10.1. The molecule has 0 unspecified atom stereocenters. The normalized spacial score (nSPS) is 10.7. The Hall–Kier alpha value is -3.74. The summed E-state index contributed by atoms with van der Waals surface area (Å²) in [6.45, 7) is 7.29. The Labute approximate surface area is 181 Å². The zero-order valence-electron chi connectivity index (χ0n) is 18.1. The fraction of sp³-hybridized carbons (Fsp3) is 0.250. The van der Waals surface area contributed by atoms with Gasteiger partial charge in [0.05, 0.1) is 29.1 Å². The summed E-state index contributed by atoms with van der Waals surface area (Å²) < 4.78 is 1.66. The number of hydrogen-bond acceptors (Lipinski definition) is 4. The summed E-state index contributed by atoms with van der Waals surface area (Å²) in [4.78, 5) is 37.3. The lowest BCUT2D eigenvalue weighted by Gasteiger charge is -2.09. The fourth-order valence-corrected chi connectivity index (χ4v) is 3.36. The van der Waals surface area contributed by atoms with E-state index in [1.165, 1.54) is 0 Å². The first-order chi connectivity index (χ1) is 14.8. The molecule has 0 fully saturated rings. The lowest BCUT2D eigenvalue weighted by molar-refractivity contribution is -0.121. The third-order valence-corrected chi connectivity index (χ3v) is 4.75. The zero-order chi connectivity index (χ0) is 22.5. The second-order valence-corrected chi connectivity index (χ2v) is 7.67. The van der Waals surface area contributed by atoms with E-state index in [1.54, 1.807) is 42.8 Å². The number of aryl methyl sites for hydroxylation is 1. The minimum atomic E-state index is -0.732.